The van der Waals surface area contributed by atoms with E-state index in [4.69, 9.17) is 4.74 Å². The van der Waals surface area contributed by atoms with Crippen LogP contribution in [0.5, 0.6) is 0 Å². The van der Waals surface area contributed by atoms with Gasteiger partial charge < -0.3 is 4.74 Å². The van der Waals surface area contributed by atoms with Crippen LogP contribution in [-0.2, 0) is 9.53 Å². The quantitative estimate of drug-likeness (QED) is 0.441. The van der Waals surface area contributed by atoms with Crippen molar-refractivity contribution in [1.82, 2.24) is 0 Å². The van der Waals surface area contributed by atoms with Crippen molar-refractivity contribution in [2.75, 3.05) is 7.11 Å². The Morgan fingerprint density at radius 2 is 1.83 bits per heavy atom. The number of Topliss-reactive ketones (excluding diaryl/α,β-unsaturated/α-hetero) is 1. The number of hydrogen-bond donors (Lipinski definition) is 0. The van der Waals surface area contributed by atoms with Crippen LogP contribution in [0.25, 0.3) is 0 Å². The molecule has 0 bridgehead atoms. The molecule has 0 fully saturated rings. The molecule has 1 unspecified atom stereocenters. The molecule has 1 atom stereocenters. The lowest BCUT2D eigenvalue weighted by molar-refractivity contribution is -0.143. The third-order valence-corrected chi connectivity index (χ3v) is 2.98. The Labute approximate surface area is 108 Å². The maximum atomic E-state index is 12.3. The van der Waals surface area contributed by atoms with Gasteiger partial charge in [0.15, 0.2) is 5.78 Å². The third-order valence-electron chi connectivity index (χ3n) is 2.98. The zero-order chi connectivity index (χ0) is 13.5. The summed E-state index contributed by atoms with van der Waals surface area (Å²) in [6, 6.07) is 7.28. The van der Waals surface area contributed by atoms with Crippen molar-refractivity contribution < 1.29 is 14.3 Å². The van der Waals surface area contributed by atoms with Gasteiger partial charge in [0, 0.05) is 5.56 Å². The molecule has 3 heteroatoms. The first kappa shape index (κ1) is 14.4. The van der Waals surface area contributed by atoms with E-state index in [1.54, 1.807) is 12.1 Å². The number of rotatable bonds is 6. The number of carbonyl (C=O) groups excluding carboxylic acids is 2. The average molecular weight is 248 g/mol. The van der Waals surface area contributed by atoms with E-state index >= 15 is 0 Å². The number of unbranched alkanes of at least 4 members (excludes halogenated alkanes) is 1. The molecule has 0 aromatic heterocycles. The van der Waals surface area contributed by atoms with Crippen molar-refractivity contribution in [2.24, 2.45) is 5.92 Å². The zero-order valence-electron chi connectivity index (χ0n) is 11.2. The molecule has 0 amide bonds. The molecule has 0 heterocycles. The molecule has 0 aliphatic rings. The molecule has 1 rings (SSSR count). The highest BCUT2D eigenvalue weighted by Gasteiger charge is 2.27. The Balaban J connectivity index is 2.87. The highest BCUT2D eigenvalue weighted by atomic mass is 16.5. The number of aryl methyl sites for hydroxylation is 1. The predicted molar refractivity (Wildman–Crippen MR) is 70.5 cm³/mol. The Morgan fingerprint density at radius 1 is 1.22 bits per heavy atom. The van der Waals surface area contributed by atoms with Crippen molar-refractivity contribution in [1.29, 1.82) is 0 Å². The van der Waals surface area contributed by atoms with Crippen molar-refractivity contribution in [3.05, 3.63) is 35.4 Å². The van der Waals surface area contributed by atoms with Crippen LogP contribution in [0.15, 0.2) is 24.3 Å². The summed E-state index contributed by atoms with van der Waals surface area (Å²) in [4.78, 5) is 23.9. The Kier molecular flexibility index (Phi) is 5.56. The van der Waals surface area contributed by atoms with Crippen molar-refractivity contribution in [3.8, 4) is 0 Å². The first-order chi connectivity index (χ1) is 8.60. The Hall–Kier alpha value is -1.64. The van der Waals surface area contributed by atoms with Gasteiger partial charge in [0.1, 0.15) is 5.92 Å². The minimum atomic E-state index is -0.669. The van der Waals surface area contributed by atoms with Crippen LogP contribution >= 0.6 is 0 Å². The number of carbonyl (C=O) groups is 2. The van der Waals surface area contributed by atoms with Gasteiger partial charge in [-0.15, -0.1) is 0 Å². The average Bonchev–Trinajstić information content (AvgIpc) is 2.39. The molecule has 0 radical (unpaired) electrons. The lowest BCUT2D eigenvalue weighted by Crippen LogP contribution is -2.25. The topological polar surface area (TPSA) is 43.4 Å². The molecular weight excluding hydrogens is 228 g/mol. The van der Waals surface area contributed by atoms with Crippen molar-refractivity contribution in [3.63, 3.8) is 0 Å². The van der Waals surface area contributed by atoms with Gasteiger partial charge in [0.2, 0.25) is 0 Å². The maximum absolute atomic E-state index is 12.3. The lowest BCUT2D eigenvalue weighted by Gasteiger charge is -2.13. The Bertz CT molecular complexity index is 406. The molecule has 0 aliphatic heterocycles. The van der Waals surface area contributed by atoms with E-state index in [1.165, 1.54) is 7.11 Å². The van der Waals surface area contributed by atoms with Gasteiger partial charge >= 0.3 is 5.97 Å². The minimum absolute atomic E-state index is 0.143. The minimum Gasteiger partial charge on any atom is -0.468 e. The summed E-state index contributed by atoms with van der Waals surface area (Å²) in [7, 11) is 1.32. The fraction of sp³-hybridized carbons (Fsp3) is 0.467. The molecule has 0 saturated heterocycles. The summed E-state index contributed by atoms with van der Waals surface area (Å²) in [6.45, 7) is 3.99. The molecule has 0 saturated carbocycles. The van der Waals surface area contributed by atoms with E-state index in [1.807, 2.05) is 26.0 Å². The number of ketones is 1. The summed E-state index contributed by atoms with van der Waals surface area (Å²) in [5.41, 5.74) is 1.67. The van der Waals surface area contributed by atoms with Crippen molar-refractivity contribution in [2.45, 2.75) is 33.1 Å². The predicted octanol–water partition coefficient (Wildman–Crippen LogP) is 3.16. The van der Waals surface area contributed by atoms with Crippen LogP contribution in [0.1, 0.15) is 42.1 Å². The van der Waals surface area contributed by atoms with E-state index in [0.717, 1.165) is 18.4 Å². The van der Waals surface area contributed by atoms with Gasteiger partial charge in [-0.25, -0.2) is 0 Å². The molecule has 98 valence electrons. The van der Waals surface area contributed by atoms with E-state index < -0.39 is 11.9 Å². The molecule has 3 nitrogen and oxygen atoms in total. The summed E-state index contributed by atoms with van der Waals surface area (Å²) in [5.74, 6) is -1.25. The number of benzene rings is 1. The van der Waals surface area contributed by atoms with E-state index in [-0.39, 0.29) is 5.78 Å². The second-order valence-corrected chi connectivity index (χ2v) is 4.45. The largest absolute Gasteiger partial charge is 0.468 e. The molecule has 0 aliphatic carbocycles. The molecule has 18 heavy (non-hydrogen) atoms. The van der Waals surface area contributed by atoms with Crippen LogP contribution in [0, 0.1) is 12.8 Å². The van der Waals surface area contributed by atoms with Gasteiger partial charge in [-0.2, -0.15) is 0 Å². The standard InChI is InChI=1S/C15H20O3/c1-4-5-6-13(15(17)18-3)14(16)12-9-7-11(2)8-10-12/h7-10,13H,4-6H2,1-3H3. The molecule has 1 aromatic rings. The van der Waals surface area contributed by atoms with Gasteiger partial charge in [-0.1, -0.05) is 49.6 Å². The highest BCUT2D eigenvalue weighted by Crippen LogP contribution is 2.17. The zero-order valence-corrected chi connectivity index (χ0v) is 11.2. The van der Waals surface area contributed by atoms with Gasteiger partial charge in [-0.05, 0) is 13.3 Å². The SMILES string of the molecule is CCCCC(C(=O)OC)C(=O)c1ccc(C)cc1. The normalized spacial score (nSPS) is 11.9. The van der Waals surface area contributed by atoms with Crippen LogP contribution in [0.3, 0.4) is 0 Å². The van der Waals surface area contributed by atoms with E-state index in [9.17, 15) is 9.59 Å². The van der Waals surface area contributed by atoms with E-state index in [0.29, 0.717) is 12.0 Å². The number of ether oxygens (including phenoxy) is 1. The van der Waals surface area contributed by atoms with Gasteiger partial charge in [0.25, 0.3) is 0 Å². The van der Waals surface area contributed by atoms with Crippen LogP contribution in [0.2, 0.25) is 0 Å². The summed E-state index contributed by atoms with van der Waals surface area (Å²) < 4.78 is 4.72. The third kappa shape index (κ3) is 3.69. The first-order valence-corrected chi connectivity index (χ1v) is 6.28. The monoisotopic (exact) mass is 248 g/mol. The molecular formula is C15H20O3. The lowest BCUT2D eigenvalue weighted by atomic mass is 9.92. The summed E-state index contributed by atoms with van der Waals surface area (Å²) >= 11 is 0. The summed E-state index contributed by atoms with van der Waals surface area (Å²) in [5, 5.41) is 0. The smallest absolute Gasteiger partial charge is 0.316 e. The number of hydrogen-bond acceptors (Lipinski definition) is 3. The fourth-order valence-electron chi connectivity index (χ4n) is 1.83. The van der Waals surface area contributed by atoms with E-state index in [2.05, 4.69) is 0 Å². The fourth-order valence-corrected chi connectivity index (χ4v) is 1.83. The van der Waals surface area contributed by atoms with Crippen LogP contribution < -0.4 is 0 Å². The highest BCUT2D eigenvalue weighted by molar-refractivity contribution is 6.08. The number of esters is 1. The van der Waals surface area contributed by atoms with Gasteiger partial charge in [-0.3, -0.25) is 9.59 Å². The Morgan fingerprint density at radius 3 is 2.33 bits per heavy atom. The maximum Gasteiger partial charge on any atom is 0.316 e. The number of methoxy groups -OCH3 is 1. The summed E-state index contributed by atoms with van der Waals surface area (Å²) in [6.07, 6.45) is 2.35. The second-order valence-electron chi connectivity index (χ2n) is 4.45. The molecule has 0 N–H and O–H groups in total. The van der Waals surface area contributed by atoms with Crippen LogP contribution in [0.4, 0.5) is 0 Å². The van der Waals surface area contributed by atoms with Gasteiger partial charge in [0.05, 0.1) is 7.11 Å². The van der Waals surface area contributed by atoms with Crippen molar-refractivity contribution >= 4 is 11.8 Å². The molecule has 0 spiro atoms. The second kappa shape index (κ2) is 6.94. The first-order valence-electron chi connectivity index (χ1n) is 6.28. The molecule has 1 aromatic carbocycles. The van der Waals surface area contributed by atoms with Crippen LogP contribution in [-0.4, -0.2) is 18.9 Å².